The summed E-state index contributed by atoms with van der Waals surface area (Å²) >= 11 is 0. The lowest BCUT2D eigenvalue weighted by Gasteiger charge is -2.35. The number of fused-ring (bicyclic) bond motifs is 1. The molecule has 1 saturated heterocycles. The maximum Gasteiger partial charge on any atom is 0.573 e. The summed E-state index contributed by atoms with van der Waals surface area (Å²) in [6.45, 7) is 3.27. The molecule has 22 heteroatoms. The third-order valence-electron chi connectivity index (χ3n) is 4.95. The second-order valence-electron chi connectivity index (χ2n) is 8.06. The number of carbonyl (C=O) groups excluding carboxylic acids is 1. The molecule has 16 nitrogen and oxygen atoms in total. The van der Waals surface area contributed by atoms with Gasteiger partial charge in [-0.1, -0.05) is 0 Å². The molecule has 248 valence electrons. The number of benzene rings is 1. The van der Waals surface area contributed by atoms with E-state index in [0.29, 0.717) is 12.1 Å². The fraction of sp³-hybridized carbons (Fsp3) is 0.524. The van der Waals surface area contributed by atoms with Crippen molar-refractivity contribution in [1.82, 2.24) is 5.32 Å². The number of esters is 1. The predicted molar refractivity (Wildman–Crippen MR) is 123 cm³/mol. The topological polar surface area (TPSA) is 278 Å². The number of ether oxygens (including phenoxy) is 3. The van der Waals surface area contributed by atoms with Crippen LogP contribution in [0.3, 0.4) is 0 Å². The van der Waals surface area contributed by atoms with E-state index < -0.39 is 70.9 Å². The summed E-state index contributed by atoms with van der Waals surface area (Å²) in [6, 6.07) is 0.387. The first-order valence-corrected chi connectivity index (χ1v) is 11.4. The van der Waals surface area contributed by atoms with Gasteiger partial charge in [0.05, 0.1) is 11.1 Å². The summed E-state index contributed by atoms with van der Waals surface area (Å²) in [5.41, 5.74) is -3.79. The van der Waals surface area contributed by atoms with Crippen LogP contribution >= 0.6 is 0 Å². The molecule has 2 aliphatic heterocycles. The minimum absolute atomic E-state index is 0.0126. The number of carbonyl (C=O) groups is 2. The molecule has 43 heavy (non-hydrogen) atoms. The average Bonchev–Trinajstić information content (AvgIpc) is 3.47. The number of rotatable bonds is 6. The van der Waals surface area contributed by atoms with Gasteiger partial charge in [-0.2, -0.15) is 13.2 Å². The average molecular weight is 646 g/mol. The normalized spacial score (nSPS) is 17.1. The highest BCUT2D eigenvalue weighted by Gasteiger charge is 2.54. The molecule has 0 amide bonds. The van der Waals surface area contributed by atoms with Gasteiger partial charge in [-0.25, -0.2) is 21.8 Å². The first-order chi connectivity index (χ1) is 19.7. The Morgan fingerprint density at radius 1 is 1.09 bits per heavy atom. The molecule has 3 rings (SSSR count). The highest BCUT2D eigenvalue weighted by atomic mass is 19.4. The van der Waals surface area contributed by atoms with E-state index in [1.54, 1.807) is 0 Å². The van der Waals surface area contributed by atoms with Gasteiger partial charge < -0.3 is 50.2 Å². The zero-order valence-electron chi connectivity index (χ0n) is 21.9. The highest BCUT2D eigenvalue weighted by Crippen LogP contribution is 2.46. The Bertz CT molecular complexity index is 1070. The monoisotopic (exact) mass is 646 g/mol. The van der Waals surface area contributed by atoms with Crippen LogP contribution in [0.1, 0.15) is 30.9 Å². The third-order valence-corrected chi connectivity index (χ3v) is 4.95. The highest BCUT2D eigenvalue weighted by molar-refractivity contribution is 5.96. The largest absolute Gasteiger partial charge is 0.573 e. The van der Waals surface area contributed by atoms with Crippen molar-refractivity contribution in [3.05, 3.63) is 28.8 Å². The van der Waals surface area contributed by atoms with E-state index in [9.17, 15) is 56.7 Å². The fourth-order valence-corrected chi connectivity index (χ4v) is 3.20. The van der Waals surface area contributed by atoms with E-state index in [4.69, 9.17) is 21.0 Å². The summed E-state index contributed by atoms with van der Waals surface area (Å²) in [5, 5.41) is 64.1. The van der Waals surface area contributed by atoms with Crippen LogP contribution in [0, 0.1) is 0 Å². The van der Waals surface area contributed by atoms with E-state index >= 15 is 0 Å². The summed E-state index contributed by atoms with van der Waals surface area (Å²) < 4.78 is 91.2. The van der Waals surface area contributed by atoms with Crippen molar-refractivity contribution in [1.29, 1.82) is 0 Å². The first kappa shape index (κ1) is 39.7. The maximum absolute atomic E-state index is 13.6. The molecule has 0 spiro atoms. The third kappa shape index (κ3) is 12.1. The number of hydrogen-bond donors (Lipinski definition) is 10. The van der Waals surface area contributed by atoms with E-state index in [1.807, 2.05) is 0 Å². The number of nitrogens with two attached hydrogens (primary N) is 1. The summed E-state index contributed by atoms with van der Waals surface area (Å²) in [4.78, 5) is 24.6. The SMILES string of the molecule is C1CCNC1.CC(ON)OC(=O)C1=Cc2cc(OC(F)(F)F)cc(C(O)(O)C(O)(O)O)c2OC1C(F)(F)F.O=CO.[NH3+]O. The van der Waals surface area contributed by atoms with Crippen molar-refractivity contribution in [2.45, 2.75) is 56.5 Å². The smallest absolute Gasteiger partial charge is 0.483 e. The van der Waals surface area contributed by atoms with Crippen LogP contribution in [-0.2, 0) is 25.0 Å². The zero-order chi connectivity index (χ0) is 33.8. The van der Waals surface area contributed by atoms with Gasteiger partial charge in [0.15, 0.2) is 0 Å². The van der Waals surface area contributed by atoms with Gasteiger partial charge in [-0.15, -0.1) is 13.2 Å². The van der Waals surface area contributed by atoms with Crippen molar-refractivity contribution in [3.8, 4) is 11.5 Å². The fourth-order valence-electron chi connectivity index (χ4n) is 3.20. The number of carboxylic acid groups (broad SMARTS) is 1. The number of alkyl halides is 6. The molecule has 0 saturated carbocycles. The Morgan fingerprint density at radius 2 is 1.60 bits per heavy atom. The molecule has 1 aromatic rings. The lowest BCUT2D eigenvalue weighted by Crippen LogP contribution is -2.52. The molecule has 2 unspecified atom stereocenters. The van der Waals surface area contributed by atoms with Crippen molar-refractivity contribution in [2.75, 3.05) is 13.1 Å². The van der Waals surface area contributed by atoms with Crippen molar-refractivity contribution in [2.24, 2.45) is 5.90 Å². The molecule has 2 aliphatic rings. The Labute approximate surface area is 237 Å². The Balaban J connectivity index is 0.00000151. The van der Waals surface area contributed by atoms with E-state index in [2.05, 4.69) is 30.3 Å². The Kier molecular flexibility index (Phi) is 15.2. The van der Waals surface area contributed by atoms with Gasteiger partial charge in [0, 0.05) is 5.56 Å². The van der Waals surface area contributed by atoms with Gasteiger partial charge >= 0.3 is 24.5 Å². The predicted octanol–water partition coefficient (Wildman–Crippen LogP) is -1.47. The number of halogens is 6. The van der Waals surface area contributed by atoms with Crippen LogP contribution in [0.25, 0.3) is 6.08 Å². The molecular formula is C21H30F6N3O13+. The van der Waals surface area contributed by atoms with Gasteiger partial charge in [0.1, 0.15) is 11.5 Å². The second-order valence-corrected chi connectivity index (χ2v) is 8.06. The first-order valence-electron chi connectivity index (χ1n) is 11.4. The molecule has 1 aromatic carbocycles. The van der Waals surface area contributed by atoms with Crippen LogP contribution < -0.4 is 26.6 Å². The number of hydrogen-bond acceptors (Lipinski definition) is 14. The van der Waals surface area contributed by atoms with Gasteiger partial charge in [0.2, 0.25) is 12.4 Å². The van der Waals surface area contributed by atoms with Gasteiger partial charge in [-0.3, -0.25) is 9.63 Å². The molecule has 0 aromatic heterocycles. The second kappa shape index (κ2) is 16.5. The number of quaternary nitrogens is 1. The lowest BCUT2D eigenvalue weighted by atomic mass is 9.94. The number of aliphatic hydroxyl groups is 5. The Morgan fingerprint density at radius 3 is 1.98 bits per heavy atom. The number of nitrogens with one attached hydrogen (secondary N) is 1. The van der Waals surface area contributed by atoms with E-state index in [-0.39, 0.29) is 12.5 Å². The van der Waals surface area contributed by atoms with Gasteiger partial charge in [-0.05, 0) is 51.1 Å². The maximum atomic E-state index is 13.6. The standard InChI is InChI=1S/C16H15F6NO10.C4H9N.CH2O2.H4NO/c1-5(33-23)30-12(24)8-3-6-2-7(32-16(20,21)22)4-9(13(25,26)15(27,28)29)10(6)31-11(8)14(17,18)19;1-2-4-5-3-1;2-1-3;1-2/h2-5,11,25-29H,23H2,1H3;5H,1-4H2;1H,(H,2,3);2H,1H3/q;;;+1. The lowest BCUT2D eigenvalue weighted by molar-refractivity contribution is -0.670. The molecular weight excluding hydrogens is 616 g/mol. The summed E-state index contributed by atoms with van der Waals surface area (Å²) in [5.74, 6) is -6.19. The van der Waals surface area contributed by atoms with E-state index in [0.717, 1.165) is 6.92 Å². The van der Waals surface area contributed by atoms with Crippen LogP contribution in [0.5, 0.6) is 11.5 Å². The molecule has 0 radical (unpaired) electrons. The molecule has 1 fully saturated rings. The van der Waals surface area contributed by atoms with E-state index in [1.165, 1.54) is 25.9 Å². The van der Waals surface area contributed by atoms with Crippen LogP contribution in [0.4, 0.5) is 26.3 Å². The molecule has 0 aliphatic carbocycles. The Hall–Kier alpha value is -3.32. The van der Waals surface area contributed by atoms with Gasteiger partial charge in [0.25, 0.3) is 12.3 Å². The molecule has 2 atom stereocenters. The minimum Gasteiger partial charge on any atom is -0.483 e. The van der Waals surface area contributed by atoms with Crippen molar-refractivity contribution >= 4 is 18.5 Å². The summed E-state index contributed by atoms with van der Waals surface area (Å²) in [6.07, 6.45) is -12.5. The molecule has 0 bridgehead atoms. The minimum atomic E-state index is -5.41. The molecule has 13 N–H and O–H groups in total. The van der Waals surface area contributed by atoms with Crippen LogP contribution in [0.2, 0.25) is 0 Å². The summed E-state index contributed by atoms with van der Waals surface area (Å²) in [7, 11) is 0. The van der Waals surface area contributed by atoms with Crippen LogP contribution in [-0.4, -0.2) is 92.3 Å². The van der Waals surface area contributed by atoms with Crippen molar-refractivity contribution in [3.63, 3.8) is 0 Å². The van der Waals surface area contributed by atoms with Crippen molar-refractivity contribution < 1.29 is 96.7 Å². The quantitative estimate of drug-likeness (QED) is 0.0555. The zero-order valence-corrected chi connectivity index (χ0v) is 21.9. The van der Waals surface area contributed by atoms with Crippen LogP contribution in [0.15, 0.2) is 17.7 Å². The molecule has 2 heterocycles.